The lowest BCUT2D eigenvalue weighted by Crippen LogP contribution is -1.93. The Morgan fingerprint density at radius 3 is 1.80 bits per heavy atom. The molecule has 0 saturated heterocycles. The van der Waals surface area contributed by atoms with Gasteiger partial charge in [0.05, 0.1) is 11.0 Å². The fourth-order valence-electron chi connectivity index (χ4n) is 6.69. The van der Waals surface area contributed by atoms with E-state index in [4.69, 9.17) is 4.42 Å². The fourth-order valence-corrected chi connectivity index (χ4v) is 6.96. The molecule has 0 unspecified atom stereocenters. The molecule has 0 radical (unpaired) electrons. The molecule has 212 valence electrons. The average Bonchev–Trinajstić information content (AvgIpc) is 3.64. The maximum Gasteiger partial charge on any atom is 0.143 e. The highest BCUT2D eigenvalue weighted by atomic mass is 79.9. The summed E-state index contributed by atoms with van der Waals surface area (Å²) in [6, 6.07) is 56.3. The van der Waals surface area contributed by atoms with Gasteiger partial charge in [0.25, 0.3) is 0 Å². The first-order valence-corrected chi connectivity index (χ1v) is 15.9. The predicted molar refractivity (Wildman–Crippen MR) is 192 cm³/mol. The van der Waals surface area contributed by atoms with Gasteiger partial charge < -0.3 is 8.98 Å². The first-order chi connectivity index (χ1) is 22.2. The number of furan rings is 1. The summed E-state index contributed by atoms with van der Waals surface area (Å²) in [6.07, 6.45) is 0. The molecular weight excluding hydrogens is 614 g/mol. The maximum atomic E-state index is 6.31. The summed E-state index contributed by atoms with van der Waals surface area (Å²) in [5.74, 6) is 0. The molecule has 0 bridgehead atoms. The molecular formula is C42H26BrNO. The van der Waals surface area contributed by atoms with Gasteiger partial charge in [-0.05, 0) is 76.3 Å². The summed E-state index contributed by atoms with van der Waals surface area (Å²) in [4.78, 5) is 0. The summed E-state index contributed by atoms with van der Waals surface area (Å²) < 4.78 is 9.77. The Balaban J connectivity index is 1.11. The Kier molecular flexibility index (Phi) is 6.00. The van der Waals surface area contributed by atoms with E-state index in [9.17, 15) is 0 Å². The number of benzene rings is 7. The van der Waals surface area contributed by atoms with E-state index in [0.29, 0.717) is 0 Å². The molecule has 2 nitrogen and oxygen atoms in total. The van der Waals surface area contributed by atoms with Crippen molar-refractivity contribution < 1.29 is 4.42 Å². The van der Waals surface area contributed by atoms with Gasteiger partial charge in [-0.15, -0.1) is 0 Å². The van der Waals surface area contributed by atoms with Crippen molar-refractivity contribution in [1.82, 2.24) is 4.57 Å². The summed E-state index contributed by atoms with van der Waals surface area (Å²) in [5.41, 5.74) is 12.5. The van der Waals surface area contributed by atoms with E-state index in [1.54, 1.807) is 0 Å². The lowest BCUT2D eigenvalue weighted by Gasteiger charge is -2.10. The molecule has 7 aromatic carbocycles. The molecule has 0 spiro atoms. The highest BCUT2D eigenvalue weighted by molar-refractivity contribution is 9.10. The van der Waals surface area contributed by atoms with E-state index >= 15 is 0 Å². The molecule has 45 heavy (non-hydrogen) atoms. The molecule has 0 atom stereocenters. The Morgan fingerprint density at radius 2 is 1.00 bits per heavy atom. The molecule has 3 heteroatoms. The van der Waals surface area contributed by atoms with Crippen LogP contribution < -0.4 is 0 Å². The summed E-state index contributed by atoms with van der Waals surface area (Å²) >= 11 is 3.54. The lowest BCUT2D eigenvalue weighted by molar-refractivity contribution is 0.670. The third-order valence-electron chi connectivity index (χ3n) is 8.91. The number of fused-ring (bicyclic) bond motifs is 6. The van der Waals surface area contributed by atoms with Gasteiger partial charge >= 0.3 is 0 Å². The van der Waals surface area contributed by atoms with Crippen molar-refractivity contribution in [3.05, 3.63) is 162 Å². The van der Waals surface area contributed by atoms with Crippen LogP contribution in [0.4, 0.5) is 0 Å². The van der Waals surface area contributed by atoms with Crippen molar-refractivity contribution in [2.24, 2.45) is 0 Å². The molecule has 0 saturated carbocycles. The van der Waals surface area contributed by atoms with Crippen LogP contribution in [0.25, 0.3) is 82.8 Å². The van der Waals surface area contributed by atoms with Gasteiger partial charge in [-0.3, -0.25) is 0 Å². The molecule has 0 fully saturated rings. The van der Waals surface area contributed by atoms with Crippen LogP contribution in [0.3, 0.4) is 0 Å². The van der Waals surface area contributed by atoms with Crippen LogP contribution in [0.2, 0.25) is 0 Å². The van der Waals surface area contributed by atoms with Crippen LogP contribution in [-0.2, 0) is 0 Å². The van der Waals surface area contributed by atoms with Gasteiger partial charge in [-0.2, -0.15) is 0 Å². The largest absolute Gasteiger partial charge is 0.455 e. The van der Waals surface area contributed by atoms with Crippen molar-refractivity contribution in [2.45, 2.75) is 0 Å². The van der Waals surface area contributed by atoms with E-state index in [0.717, 1.165) is 43.2 Å². The van der Waals surface area contributed by atoms with Crippen LogP contribution >= 0.6 is 15.9 Å². The number of hydrogen-bond donors (Lipinski definition) is 0. The lowest BCUT2D eigenvalue weighted by atomic mass is 9.98. The second-order valence-corrected chi connectivity index (χ2v) is 12.4. The summed E-state index contributed by atoms with van der Waals surface area (Å²) in [5, 5.41) is 4.80. The number of rotatable bonds is 4. The predicted octanol–water partition coefficient (Wildman–Crippen LogP) is 12.4. The smallest absolute Gasteiger partial charge is 0.143 e. The highest BCUT2D eigenvalue weighted by Gasteiger charge is 2.15. The van der Waals surface area contributed by atoms with Crippen LogP contribution in [0.15, 0.2) is 167 Å². The van der Waals surface area contributed by atoms with Crippen molar-refractivity contribution in [1.29, 1.82) is 0 Å². The zero-order chi connectivity index (χ0) is 29.9. The van der Waals surface area contributed by atoms with Crippen molar-refractivity contribution in [3.8, 4) is 39.1 Å². The Bertz CT molecular complexity index is 2520. The number of halogens is 1. The standard InChI is InChI=1S/C42H26BrNO/c43-32-21-16-27(17-22-32)28-18-23-33(24-19-28)44-39-10-3-1-6-35(39)38-26-31(20-25-40(38)44)29-12-14-30(15-13-29)34-8-5-9-37-36-7-2-4-11-41(36)45-42(34)37/h1-26H. The third kappa shape index (κ3) is 4.31. The Hall–Kier alpha value is -5.38. The fraction of sp³-hybridized carbons (Fsp3) is 0. The van der Waals surface area contributed by atoms with E-state index in [-0.39, 0.29) is 0 Å². The van der Waals surface area contributed by atoms with Crippen LogP contribution in [0, 0.1) is 0 Å². The average molecular weight is 641 g/mol. The minimum absolute atomic E-state index is 0.921. The molecule has 0 aliphatic rings. The highest BCUT2D eigenvalue weighted by Crippen LogP contribution is 2.38. The Morgan fingerprint density at radius 1 is 0.422 bits per heavy atom. The molecule has 0 aliphatic heterocycles. The van der Waals surface area contributed by atoms with E-state index in [1.165, 1.54) is 44.1 Å². The van der Waals surface area contributed by atoms with Gasteiger partial charge in [-0.1, -0.05) is 125 Å². The van der Waals surface area contributed by atoms with Crippen LogP contribution in [-0.4, -0.2) is 4.57 Å². The quantitative estimate of drug-likeness (QED) is 0.187. The van der Waals surface area contributed by atoms with E-state index < -0.39 is 0 Å². The first-order valence-electron chi connectivity index (χ1n) is 15.1. The van der Waals surface area contributed by atoms with Gasteiger partial charge in [0.15, 0.2) is 0 Å². The molecule has 0 N–H and O–H groups in total. The zero-order valence-electron chi connectivity index (χ0n) is 24.2. The second-order valence-electron chi connectivity index (χ2n) is 11.5. The monoisotopic (exact) mass is 639 g/mol. The SMILES string of the molecule is Brc1ccc(-c2ccc(-n3c4ccccc4c4cc(-c5ccc(-c6cccc7c6oc6ccccc67)cc5)ccc43)cc2)cc1. The molecule has 0 amide bonds. The minimum atomic E-state index is 0.921. The normalized spacial score (nSPS) is 11.7. The maximum absolute atomic E-state index is 6.31. The van der Waals surface area contributed by atoms with Crippen molar-refractivity contribution in [2.75, 3.05) is 0 Å². The zero-order valence-corrected chi connectivity index (χ0v) is 25.8. The summed E-state index contributed by atoms with van der Waals surface area (Å²) in [7, 11) is 0. The Labute approximate surface area is 268 Å². The molecule has 2 heterocycles. The third-order valence-corrected chi connectivity index (χ3v) is 9.44. The molecule has 2 aromatic heterocycles. The number of nitrogens with zero attached hydrogens (tertiary/aromatic N) is 1. The number of hydrogen-bond acceptors (Lipinski definition) is 1. The summed E-state index contributed by atoms with van der Waals surface area (Å²) in [6.45, 7) is 0. The van der Waals surface area contributed by atoms with Gasteiger partial charge in [0.1, 0.15) is 11.2 Å². The molecule has 0 aliphatic carbocycles. The van der Waals surface area contributed by atoms with Gasteiger partial charge in [0, 0.05) is 37.3 Å². The number of para-hydroxylation sites is 3. The van der Waals surface area contributed by atoms with Gasteiger partial charge in [0.2, 0.25) is 0 Å². The topological polar surface area (TPSA) is 18.1 Å². The van der Waals surface area contributed by atoms with Crippen LogP contribution in [0.5, 0.6) is 0 Å². The molecule has 9 rings (SSSR count). The van der Waals surface area contributed by atoms with Crippen molar-refractivity contribution >= 4 is 59.7 Å². The van der Waals surface area contributed by atoms with E-state index in [1.807, 2.05) is 12.1 Å². The second kappa shape index (κ2) is 10.4. The van der Waals surface area contributed by atoms with Gasteiger partial charge in [-0.25, -0.2) is 0 Å². The van der Waals surface area contributed by atoms with Crippen molar-refractivity contribution in [3.63, 3.8) is 0 Å². The number of aromatic nitrogens is 1. The first kappa shape index (κ1) is 26.1. The van der Waals surface area contributed by atoms with Crippen LogP contribution in [0.1, 0.15) is 0 Å². The minimum Gasteiger partial charge on any atom is -0.455 e. The molecule has 9 aromatic rings. The van der Waals surface area contributed by atoms with E-state index in [2.05, 4.69) is 166 Å².